The molecule has 1 fully saturated rings. The number of nitrogens with two attached hydrogens (primary N) is 1. The highest BCUT2D eigenvalue weighted by Gasteiger charge is 2.33. The van der Waals surface area contributed by atoms with Gasteiger partial charge in [-0.3, -0.25) is 0 Å². The second-order valence-electron chi connectivity index (χ2n) is 3.66. The van der Waals surface area contributed by atoms with Crippen molar-refractivity contribution in [3.63, 3.8) is 0 Å². The summed E-state index contributed by atoms with van der Waals surface area (Å²) in [5, 5.41) is 0. The lowest BCUT2D eigenvalue weighted by Crippen LogP contribution is -2.16. The topological polar surface area (TPSA) is 61.0 Å². The van der Waals surface area contributed by atoms with E-state index in [1.54, 1.807) is 19.6 Å². The van der Waals surface area contributed by atoms with Crippen LogP contribution in [0.15, 0.2) is 12.5 Å². The predicted molar refractivity (Wildman–Crippen MR) is 53.1 cm³/mol. The number of rotatable bonds is 4. The lowest BCUT2D eigenvalue weighted by Gasteiger charge is -2.15. The van der Waals surface area contributed by atoms with E-state index in [4.69, 9.17) is 10.5 Å². The van der Waals surface area contributed by atoms with E-state index in [1.807, 2.05) is 0 Å². The van der Waals surface area contributed by atoms with Crippen LogP contribution in [0.4, 0.5) is 0 Å². The first kappa shape index (κ1) is 9.40. The van der Waals surface area contributed by atoms with E-state index in [2.05, 4.69) is 9.97 Å². The van der Waals surface area contributed by atoms with Crippen molar-refractivity contribution in [3.8, 4) is 5.75 Å². The lowest BCUT2D eigenvalue weighted by molar-refractivity contribution is 0.396. The van der Waals surface area contributed by atoms with Gasteiger partial charge in [-0.2, -0.15) is 0 Å². The van der Waals surface area contributed by atoms with Gasteiger partial charge in [0.25, 0.3) is 0 Å². The van der Waals surface area contributed by atoms with Crippen LogP contribution in [0, 0.1) is 5.92 Å². The number of hydrogen-bond donors (Lipinski definition) is 1. The molecule has 4 heteroatoms. The highest BCUT2D eigenvalue weighted by atomic mass is 16.5. The fourth-order valence-electron chi connectivity index (χ4n) is 1.79. The Morgan fingerprint density at radius 3 is 3.00 bits per heavy atom. The number of aromatic nitrogens is 2. The van der Waals surface area contributed by atoms with Crippen molar-refractivity contribution in [1.82, 2.24) is 9.97 Å². The average Bonchev–Trinajstić information content (AvgIpc) is 3.04. The lowest BCUT2D eigenvalue weighted by atomic mass is 9.99. The van der Waals surface area contributed by atoms with Gasteiger partial charge in [0.2, 0.25) is 0 Å². The first-order chi connectivity index (χ1) is 6.86. The summed E-state index contributed by atoms with van der Waals surface area (Å²) in [6.45, 7) is 0.637. The van der Waals surface area contributed by atoms with Crippen molar-refractivity contribution in [2.45, 2.75) is 18.8 Å². The van der Waals surface area contributed by atoms with E-state index in [-0.39, 0.29) is 0 Å². The largest absolute Gasteiger partial charge is 0.493 e. The zero-order chi connectivity index (χ0) is 9.97. The van der Waals surface area contributed by atoms with Gasteiger partial charge in [0.15, 0.2) is 5.75 Å². The molecule has 4 nitrogen and oxygen atoms in total. The summed E-state index contributed by atoms with van der Waals surface area (Å²) in [5.74, 6) is 1.80. The van der Waals surface area contributed by atoms with Crippen LogP contribution in [0.5, 0.6) is 5.75 Å². The van der Waals surface area contributed by atoms with Crippen molar-refractivity contribution in [1.29, 1.82) is 0 Å². The van der Waals surface area contributed by atoms with Crippen molar-refractivity contribution in [2.75, 3.05) is 13.7 Å². The number of hydrogen-bond acceptors (Lipinski definition) is 4. The molecule has 0 bridgehead atoms. The maximum atomic E-state index is 5.75. The van der Waals surface area contributed by atoms with Crippen molar-refractivity contribution < 1.29 is 4.74 Å². The van der Waals surface area contributed by atoms with E-state index >= 15 is 0 Å². The SMILES string of the molecule is COc1cncnc1C(CN)C1CC1. The molecule has 2 N–H and O–H groups in total. The Morgan fingerprint density at radius 1 is 1.64 bits per heavy atom. The van der Waals surface area contributed by atoms with Gasteiger partial charge in [-0.05, 0) is 18.8 Å². The third-order valence-corrected chi connectivity index (χ3v) is 2.72. The highest BCUT2D eigenvalue weighted by Crippen LogP contribution is 2.43. The van der Waals surface area contributed by atoms with Crippen LogP contribution in [0.25, 0.3) is 0 Å². The summed E-state index contributed by atoms with van der Waals surface area (Å²) in [7, 11) is 1.64. The second kappa shape index (κ2) is 3.92. The number of nitrogens with zero attached hydrogens (tertiary/aromatic N) is 2. The molecule has 0 spiro atoms. The van der Waals surface area contributed by atoms with E-state index in [0.717, 1.165) is 11.4 Å². The van der Waals surface area contributed by atoms with Crippen LogP contribution in [0.1, 0.15) is 24.5 Å². The van der Waals surface area contributed by atoms with Gasteiger partial charge in [0, 0.05) is 12.5 Å². The molecule has 0 aromatic carbocycles. The van der Waals surface area contributed by atoms with Crippen molar-refractivity contribution >= 4 is 0 Å². The zero-order valence-electron chi connectivity index (χ0n) is 8.31. The summed E-state index contributed by atoms with van der Waals surface area (Å²) >= 11 is 0. The van der Waals surface area contributed by atoms with E-state index in [0.29, 0.717) is 18.4 Å². The first-order valence-corrected chi connectivity index (χ1v) is 4.90. The first-order valence-electron chi connectivity index (χ1n) is 4.90. The normalized spacial score (nSPS) is 17.9. The Labute approximate surface area is 83.5 Å². The van der Waals surface area contributed by atoms with Crippen LogP contribution in [-0.4, -0.2) is 23.6 Å². The molecule has 1 aromatic rings. The molecule has 0 aliphatic heterocycles. The molecule has 0 radical (unpaired) electrons. The summed E-state index contributed by atoms with van der Waals surface area (Å²) in [4.78, 5) is 8.20. The van der Waals surface area contributed by atoms with Crippen molar-refractivity contribution in [3.05, 3.63) is 18.2 Å². The summed E-state index contributed by atoms with van der Waals surface area (Å²) in [6, 6.07) is 0. The highest BCUT2D eigenvalue weighted by molar-refractivity contribution is 5.28. The van der Waals surface area contributed by atoms with E-state index in [1.165, 1.54) is 12.8 Å². The molecule has 2 rings (SSSR count). The Kier molecular flexibility index (Phi) is 2.63. The molecule has 0 amide bonds. The van der Waals surface area contributed by atoms with Crippen LogP contribution in [-0.2, 0) is 0 Å². The van der Waals surface area contributed by atoms with Gasteiger partial charge < -0.3 is 10.5 Å². The fraction of sp³-hybridized carbons (Fsp3) is 0.600. The molecule has 0 saturated heterocycles. The quantitative estimate of drug-likeness (QED) is 0.773. The Balaban J connectivity index is 2.27. The second-order valence-corrected chi connectivity index (χ2v) is 3.66. The van der Waals surface area contributed by atoms with Gasteiger partial charge in [0.1, 0.15) is 6.33 Å². The Bertz CT molecular complexity index is 312. The number of ether oxygens (including phenoxy) is 1. The molecule has 1 heterocycles. The third kappa shape index (κ3) is 1.70. The maximum absolute atomic E-state index is 5.75. The standard InChI is InChI=1S/C10H15N3O/c1-14-9-5-12-6-13-10(9)8(4-11)7-2-3-7/h5-8H,2-4,11H2,1H3. The van der Waals surface area contributed by atoms with Gasteiger partial charge in [-0.1, -0.05) is 0 Å². The maximum Gasteiger partial charge on any atom is 0.158 e. The smallest absolute Gasteiger partial charge is 0.158 e. The van der Waals surface area contributed by atoms with E-state index < -0.39 is 0 Å². The van der Waals surface area contributed by atoms with Crippen LogP contribution < -0.4 is 10.5 Å². The number of methoxy groups -OCH3 is 1. The summed E-state index contributed by atoms with van der Waals surface area (Å²) in [5.41, 5.74) is 6.72. The Morgan fingerprint density at radius 2 is 2.43 bits per heavy atom. The molecule has 1 atom stereocenters. The molecule has 1 aromatic heterocycles. The fourth-order valence-corrected chi connectivity index (χ4v) is 1.79. The van der Waals surface area contributed by atoms with Gasteiger partial charge in [-0.15, -0.1) is 0 Å². The molecule has 1 aliphatic rings. The third-order valence-electron chi connectivity index (χ3n) is 2.72. The van der Waals surface area contributed by atoms with E-state index in [9.17, 15) is 0 Å². The molecule has 14 heavy (non-hydrogen) atoms. The molecular weight excluding hydrogens is 178 g/mol. The van der Waals surface area contributed by atoms with Crippen LogP contribution in [0.3, 0.4) is 0 Å². The predicted octanol–water partition coefficient (Wildman–Crippen LogP) is 0.937. The summed E-state index contributed by atoms with van der Waals surface area (Å²) in [6.07, 6.45) is 5.78. The minimum atomic E-state index is 0.341. The van der Waals surface area contributed by atoms with Gasteiger partial charge >= 0.3 is 0 Å². The molecule has 1 aliphatic carbocycles. The Hall–Kier alpha value is -1.16. The van der Waals surface area contributed by atoms with Crippen LogP contribution in [0.2, 0.25) is 0 Å². The van der Waals surface area contributed by atoms with Gasteiger partial charge in [-0.25, -0.2) is 9.97 Å². The molecule has 1 saturated carbocycles. The average molecular weight is 193 g/mol. The van der Waals surface area contributed by atoms with Gasteiger partial charge in [0.05, 0.1) is 19.0 Å². The van der Waals surface area contributed by atoms with Crippen molar-refractivity contribution in [2.24, 2.45) is 11.7 Å². The minimum Gasteiger partial charge on any atom is -0.493 e. The molecular formula is C10H15N3O. The van der Waals surface area contributed by atoms with Crippen LogP contribution >= 0.6 is 0 Å². The molecule has 1 unspecified atom stereocenters. The minimum absolute atomic E-state index is 0.341. The summed E-state index contributed by atoms with van der Waals surface area (Å²) < 4.78 is 5.23. The zero-order valence-corrected chi connectivity index (χ0v) is 8.31. The molecule has 76 valence electrons. The monoisotopic (exact) mass is 193 g/mol.